The van der Waals surface area contributed by atoms with Gasteiger partial charge in [-0.05, 0) is 18.2 Å². The van der Waals surface area contributed by atoms with Crippen LogP contribution in [0.2, 0.25) is 0 Å². The predicted molar refractivity (Wildman–Crippen MR) is 76.1 cm³/mol. The predicted octanol–water partition coefficient (Wildman–Crippen LogP) is 0.529. The molecule has 21 heavy (non-hydrogen) atoms. The second-order valence-electron chi connectivity index (χ2n) is 4.46. The van der Waals surface area contributed by atoms with E-state index < -0.39 is 5.76 Å². The molecule has 0 saturated carbocycles. The van der Waals surface area contributed by atoms with E-state index in [-0.39, 0.29) is 5.91 Å². The largest absolute Gasteiger partial charge is 0.417 e. The number of carbonyl (C=O) groups is 1. The molecule has 2 aromatic heterocycles. The van der Waals surface area contributed by atoms with Gasteiger partial charge in [-0.1, -0.05) is 0 Å². The lowest BCUT2D eigenvalue weighted by Crippen LogP contribution is -2.12. The summed E-state index contributed by atoms with van der Waals surface area (Å²) < 4.78 is 6.63. The van der Waals surface area contributed by atoms with Crippen LogP contribution < -0.4 is 16.8 Å². The molecule has 0 unspecified atom stereocenters. The Morgan fingerprint density at radius 3 is 3.14 bits per heavy atom. The summed E-state index contributed by atoms with van der Waals surface area (Å²) in [6.45, 7) is 1.07. The van der Waals surface area contributed by atoms with Crippen LogP contribution in [0, 0.1) is 0 Å². The molecule has 0 saturated heterocycles. The summed E-state index contributed by atoms with van der Waals surface area (Å²) >= 11 is 0. The van der Waals surface area contributed by atoms with Gasteiger partial charge in [0.25, 0.3) is 5.91 Å². The fraction of sp³-hybridized carbons (Fsp3) is 0.154. The van der Waals surface area contributed by atoms with Crippen molar-refractivity contribution in [3.63, 3.8) is 0 Å². The molecule has 0 fully saturated rings. The minimum Gasteiger partial charge on any atom is -0.408 e. The van der Waals surface area contributed by atoms with E-state index in [2.05, 4.69) is 15.3 Å². The number of H-pyrrole nitrogens is 1. The van der Waals surface area contributed by atoms with Gasteiger partial charge in [0.05, 0.1) is 11.8 Å². The number of nitrogens with zero attached hydrogens (tertiary/aromatic N) is 2. The summed E-state index contributed by atoms with van der Waals surface area (Å²) in [6.07, 6.45) is 3.18. The maximum Gasteiger partial charge on any atom is 0.417 e. The topological polar surface area (TPSA) is 119 Å². The molecular formula is C13H13N5O3. The summed E-state index contributed by atoms with van der Waals surface area (Å²) in [4.78, 5) is 29.7. The van der Waals surface area contributed by atoms with E-state index in [1.807, 2.05) is 0 Å². The molecule has 108 valence electrons. The van der Waals surface area contributed by atoms with Gasteiger partial charge in [0, 0.05) is 25.0 Å². The van der Waals surface area contributed by atoms with Gasteiger partial charge in [-0.3, -0.25) is 9.78 Å². The summed E-state index contributed by atoms with van der Waals surface area (Å²) in [5, 5.41) is 2.71. The van der Waals surface area contributed by atoms with Gasteiger partial charge in [-0.2, -0.15) is 0 Å². The van der Waals surface area contributed by atoms with Crippen molar-refractivity contribution in [3.05, 3.63) is 47.0 Å². The van der Waals surface area contributed by atoms with Crippen molar-refractivity contribution in [3.8, 4) is 0 Å². The van der Waals surface area contributed by atoms with Crippen LogP contribution in [0.4, 0.5) is 5.69 Å². The Bertz CT molecular complexity index is 845. The number of aromatic amines is 1. The highest BCUT2D eigenvalue weighted by atomic mass is 16.4. The Kier molecular flexibility index (Phi) is 3.28. The van der Waals surface area contributed by atoms with Gasteiger partial charge in [0.2, 0.25) is 0 Å². The third kappa shape index (κ3) is 2.70. The third-order valence-electron chi connectivity index (χ3n) is 2.93. The Morgan fingerprint density at radius 2 is 2.33 bits per heavy atom. The molecule has 3 rings (SSSR count). The molecule has 8 nitrogen and oxygen atoms in total. The SMILES string of the molecule is NCCn1cnc(C(=O)Nc2ccc3oc(=O)[nH]c3c2)c1. The van der Waals surface area contributed by atoms with Crippen LogP contribution in [-0.2, 0) is 6.54 Å². The average molecular weight is 287 g/mol. The highest BCUT2D eigenvalue weighted by Crippen LogP contribution is 2.16. The van der Waals surface area contributed by atoms with Crippen molar-refractivity contribution < 1.29 is 9.21 Å². The number of carbonyl (C=O) groups excluding carboxylic acids is 1. The van der Waals surface area contributed by atoms with Crippen LogP contribution in [0.15, 0.2) is 39.9 Å². The second kappa shape index (κ2) is 5.25. The first-order chi connectivity index (χ1) is 10.2. The molecule has 1 amide bonds. The molecule has 0 aliphatic carbocycles. The van der Waals surface area contributed by atoms with E-state index in [4.69, 9.17) is 10.2 Å². The zero-order chi connectivity index (χ0) is 14.8. The number of oxazole rings is 1. The van der Waals surface area contributed by atoms with Gasteiger partial charge in [-0.15, -0.1) is 0 Å². The van der Waals surface area contributed by atoms with Crippen LogP contribution >= 0.6 is 0 Å². The molecule has 0 bridgehead atoms. The van der Waals surface area contributed by atoms with Crippen molar-refractivity contribution in [2.45, 2.75) is 6.54 Å². The lowest BCUT2D eigenvalue weighted by Gasteiger charge is -2.02. The van der Waals surface area contributed by atoms with Crippen LogP contribution in [0.25, 0.3) is 11.1 Å². The van der Waals surface area contributed by atoms with E-state index in [1.165, 1.54) is 0 Å². The number of benzene rings is 1. The molecule has 8 heteroatoms. The van der Waals surface area contributed by atoms with E-state index in [0.29, 0.717) is 35.6 Å². The maximum absolute atomic E-state index is 12.1. The first kappa shape index (κ1) is 13.1. The first-order valence-electron chi connectivity index (χ1n) is 6.32. The van der Waals surface area contributed by atoms with Crippen LogP contribution in [-0.4, -0.2) is 27.0 Å². The minimum absolute atomic E-state index is 0.296. The fourth-order valence-corrected chi connectivity index (χ4v) is 1.97. The highest BCUT2D eigenvalue weighted by Gasteiger charge is 2.10. The zero-order valence-electron chi connectivity index (χ0n) is 11.0. The van der Waals surface area contributed by atoms with Gasteiger partial charge in [-0.25, -0.2) is 9.78 Å². The number of nitrogens with two attached hydrogens (primary N) is 1. The number of amides is 1. The van der Waals surface area contributed by atoms with Gasteiger partial charge in [0.1, 0.15) is 5.69 Å². The quantitative estimate of drug-likeness (QED) is 0.646. The number of hydrogen-bond donors (Lipinski definition) is 3. The zero-order valence-corrected chi connectivity index (χ0v) is 11.0. The molecule has 0 atom stereocenters. The van der Waals surface area contributed by atoms with Crippen LogP contribution in [0.3, 0.4) is 0 Å². The Morgan fingerprint density at radius 1 is 1.48 bits per heavy atom. The summed E-state index contributed by atoms with van der Waals surface area (Å²) in [6, 6.07) is 4.87. The van der Waals surface area contributed by atoms with Crippen LogP contribution in [0.5, 0.6) is 0 Å². The highest BCUT2D eigenvalue weighted by molar-refractivity contribution is 6.03. The maximum atomic E-state index is 12.1. The molecule has 2 heterocycles. The fourth-order valence-electron chi connectivity index (χ4n) is 1.97. The lowest BCUT2D eigenvalue weighted by molar-refractivity contribution is 0.102. The molecule has 4 N–H and O–H groups in total. The third-order valence-corrected chi connectivity index (χ3v) is 2.93. The van der Waals surface area contributed by atoms with Crippen molar-refractivity contribution in [1.82, 2.24) is 14.5 Å². The minimum atomic E-state index is -0.533. The van der Waals surface area contributed by atoms with E-state index in [0.717, 1.165) is 0 Å². The lowest BCUT2D eigenvalue weighted by atomic mass is 10.3. The number of anilines is 1. The van der Waals surface area contributed by atoms with Crippen LogP contribution in [0.1, 0.15) is 10.5 Å². The molecule has 3 aromatic rings. The summed E-state index contributed by atoms with van der Waals surface area (Å²) in [7, 11) is 0. The number of fused-ring (bicyclic) bond motifs is 1. The number of hydrogen-bond acceptors (Lipinski definition) is 5. The Labute approximate surface area is 118 Å². The molecule has 0 spiro atoms. The average Bonchev–Trinajstić information content (AvgIpc) is 3.04. The summed E-state index contributed by atoms with van der Waals surface area (Å²) in [5.74, 6) is -0.870. The van der Waals surface area contributed by atoms with Crippen molar-refractivity contribution in [1.29, 1.82) is 0 Å². The smallest absolute Gasteiger partial charge is 0.408 e. The first-order valence-corrected chi connectivity index (χ1v) is 6.32. The van der Waals surface area contributed by atoms with E-state index >= 15 is 0 Å². The number of imidazole rings is 1. The van der Waals surface area contributed by atoms with Gasteiger partial charge < -0.3 is 20.0 Å². The van der Waals surface area contributed by atoms with Crippen molar-refractivity contribution >= 4 is 22.7 Å². The normalized spacial score (nSPS) is 10.9. The second-order valence-corrected chi connectivity index (χ2v) is 4.46. The number of rotatable bonds is 4. The van der Waals surface area contributed by atoms with Gasteiger partial charge in [0.15, 0.2) is 5.58 Å². The molecule has 0 radical (unpaired) electrons. The Balaban J connectivity index is 1.79. The molecule has 0 aliphatic rings. The Hall–Kier alpha value is -2.87. The number of aromatic nitrogens is 3. The molecule has 0 aliphatic heterocycles. The van der Waals surface area contributed by atoms with E-state index in [9.17, 15) is 9.59 Å². The van der Waals surface area contributed by atoms with Crippen molar-refractivity contribution in [2.75, 3.05) is 11.9 Å². The standard InChI is InChI=1S/C13H13N5O3/c14-3-4-18-6-10(15-7-18)12(19)16-8-1-2-11-9(5-8)17-13(20)21-11/h1-2,5-7H,3-4,14H2,(H,16,19)(H,17,20). The van der Waals surface area contributed by atoms with Crippen molar-refractivity contribution in [2.24, 2.45) is 5.73 Å². The molecular weight excluding hydrogens is 274 g/mol. The monoisotopic (exact) mass is 287 g/mol. The van der Waals surface area contributed by atoms with Gasteiger partial charge >= 0.3 is 5.76 Å². The molecule has 1 aromatic carbocycles. The summed E-state index contributed by atoms with van der Waals surface area (Å²) in [5.41, 5.74) is 7.23. The van der Waals surface area contributed by atoms with E-state index in [1.54, 1.807) is 35.3 Å². The number of nitrogens with one attached hydrogen (secondary N) is 2.